The third-order valence-electron chi connectivity index (χ3n) is 3.58. The number of nitrogens with zero attached hydrogens (tertiary/aromatic N) is 2. The lowest BCUT2D eigenvalue weighted by atomic mass is 9.95. The molecule has 2 rings (SSSR count). The van der Waals surface area contributed by atoms with Crippen molar-refractivity contribution in [3.63, 3.8) is 0 Å². The van der Waals surface area contributed by atoms with Crippen molar-refractivity contribution in [2.45, 2.75) is 25.7 Å². The van der Waals surface area contributed by atoms with Gasteiger partial charge < -0.3 is 9.47 Å². The van der Waals surface area contributed by atoms with Gasteiger partial charge >= 0.3 is 0 Å². The molecular weight excluding hydrogens is 304 g/mol. The Balaban J connectivity index is 2.24. The van der Waals surface area contributed by atoms with Crippen molar-refractivity contribution in [1.29, 1.82) is 5.26 Å². The molecule has 0 aliphatic rings. The summed E-state index contributed by atoms with van der Waals surface area (Å²) in [6.45, 7) is 2.68. The van der Waals surface area contributed by atoms with Gasteiger partial charge in [0.2, 0.25) is 0 Å². The van der Waals surface area contributed by atoms with Crippen LogP contribution in [0.2, 0.25) is 0 Å². The van der Waals surface area contributed by atoms with E-state index in [2.05, 4.69) is 11.9 Å². The highest BCUT2D eigenvalue weighted by Gasteiger charge is 2.24. The monoisotopic (exact) mass is 324 g/mol. The van der Waals surface area contributed by atoms with E-state index in [9.17, 15) is 10.1 Å². The zero-order valence-electron chi connectivity index (χ0n) is 13.9. The molecule has 0 aliphatic carbocycles. The molecule has 0 N–H and O–H groups in total. The summed E-state index contributed by atoms with van der Waals surface area (Å²) in [5, 5.41) is 9.37. The van der Waals surface area contributed by atoms with Crippen LogP contribution in [0.25, 0.3) is 0 Å². The Morgan fingerprint density at radius 2 is 2.12 bits per heavy atom. The van der Waals surface area contributed by atoms with Crippen LogP contribution in [0.4, 0.5) is 0 Å². The first-order valence-electron chi connectivity index (χ1n) is 7.86. The van der Waals surface area contributed by atoms with Crippen molar-refractivity contribution in [2.75, 3.05) is 13.7 Å². The van der Waals surface area contributed by atoms with E-state index in [4.69, 9.17) is 9.47 Å². The zero-order chi connectivity index (χ0) is 17.4. The summed E-state index contributed by atoms with van der Waals surface area (Å²) in [7, 11) is 1.52. The van der Waals surface area contributed by atoms with Crippen LogP contribution in [0.1, 0.15) is 41.7 Å². The van der Waals surface area contributed by atoms with E-state index in [1.54, 1.807) is 42.6 Å². The lowest BCUT2D eigenvalue weighted by molar-refractivity contribution is 0.0977. The van der Waals surface area contributed by atoms with Crippen molar-refractivity contribution in [3.05, 3.63) is 53.9 Å². The van der Waals surface area contributed by atoms with Crippen LogP contribution in [0.3, 0.4) is 0 Å². The van der Waals surface area contributed by atoms with Crippen LogP contribution in [0.5, 0.6) is 11.5 Å². The van der Waals surface area contributed by atoms with Gasteiger partial charge in [-0.25, -0.2) is 0 Å². The standard InChI is InChI=1S/C19H20N2O3/c1-3-4-11-24-17-9-8-14(12-18(17)23-2)19(22)15(13-20)16-7-5-6-10-21-16/h5-10,12,15H,3-4,11H2,1-2H3. The minimum absolute atomic E-state index is 0.311. The van der Waals surface area contributed by atoms with Crippen LogP contribution in [-0.4, -0.2) is 24.5 Å². The summed E-state index contributed by atoms with van der Waals surface area (Å²) in [5.74, 6) is -0.180. The summed E-state index contributed by atoms with van der Waals surface area (Å²) in [5.41, 5.74) is 0.833. The number of unbranched alkanes of at least 4 members (excludes halogenated alkanes) is 1. The molecule has 0 saturated carbocycles. The second-order valence-corrected chi connectivity index (χ2v) is 5.25. The van der Waals surface area contributed by atoms with Gasteiger partial charge in [-0.3, -0.25) is 9.78 Å². The van der Waals surface area contributed by atoms with Crippen molar-refractivity contribution in [1.82, 2.24) is 4.98 Å². The molecular formula is C19H20N2O3. The van der Waals surface area contributed by atoms with E-state index in [1.165, 1.54) is 7.11 Å². The van der Waals surface area contributed by atoms with Gasteiger partial charge in [0.05, 0.1) is 25.5 Å². The average molecular weight is 324 g/mol. The van der Waals surface area contributed by atoms with Crippen molar-refractivity contribution >= 4 is 5.78 Å². The third kappa shape index (κ3) is 4.11. The number of Topliss-reactive ketones (excluding diaryl/α,β-unsaturated/α-hetero) is 1. The summed E-state index contributed by atoms with van der Waals surface area (Å²) in [4.78, 5) is 16.8. The SMILES string of the molecule is CCCCOc1ccc(C(=O)C(C#N)c2ccccn2)cc1OC. The molecule has 2 aromatic rings. The van der Waals surface area contributed by atoms with E-state index < -0.39 is 5.92 Å². The minimum atomic E-state index is -0.942. The smallest absolute Gasteiger partial charge is 0.186 e. The fourth-order valence-electron chi connectivity index (χ4n) is 2.24. The van der Waals surface area contributed by atoms with Crippen LogP contribution in [0, 0.1) is 11.3 Å². The summed E-state index contributed by atoms with van der Waals surface area (Å²) in [6.07, 6.45) is 3.55. The number of carbonyl (C=O) groups is 1. The summed E-state index contributed by atoms with van der Waals surface area (Å²) in [6, 6.07) is 12.2. The first-order chi connectivity index (χ1) is 11.7. The van der Waals surface area contributed by atoms with Crippen molar-refractivity contribution < 1.29 is 14.3 Å². The van der Waals surface area contributed by atoms with Crippen molar-refractivity contribution in [3.8, 4) is 17.6 Å². The predicted octanol–water partition coefficient (Wildman–Crippen LogP) is 3.76. The second kappa shape index (κ2) is 8.68. The molecule has 1 aromatic heterocycles. The number of rotatable bonds is 8. The Kier molecular flexibility index (Phi) is 6.32. The maximum Gasteiger partial charge on any atom is 0.186 e. The predicted molar refractivity (Wildman–Crippen MR) is 90.3 cm³/mol. The minimum Gasteiger partial charge on any atom is -0.493 e. The van der Waals surface area contributed by atoms with Crippen LogP contribution < -0.4 is 9.47 Å². The molecule has 24 heavy (non-hydrogen) atoms. The number of nitriles is 1. The van der Waals surface area contributed by atoms with E-state index in [1.807, 2.05) is 6.07 Å². The van der Waals surface area contributed by atoms with Gasteiger partial charge in [-0.1, -0.05) is 19.4 Å². The Labute approximate surface area is 141 Å². The molecule has 1 atom stereocenters. The van der Waals surface area contributed by atoms with E-state index >= 15 is 0 Å². The van der Waals surface area contributed by atoms with Gasteiger partial charge in [-0.15, -0.1) is 0 Å². The van der Waals surface area contributed by atoms with E-state index in [-0.39, 0.29) is 5.78 Å². The molecule has 1 heterocycles. The number of carbonyl (C=O) groups excluding carboxylic acids is 1. The highest BCUT2D eigenvalue weighted by atomic mass is 16.5. The lowest BCUT2D eigenvalue weighted by Gasteiger charge is -2.13. The lowest BCUT2D eigenvalue weighted by Crippen LogP contribution is -2.13. The number of aromatic nitrogens is 1. The average Bonchev–Trinajstić information content (AvgIpc) is 2.63. The molecule has 0 aliphatic heterocycles. The number of pyridine rings is 1. The Morgan fingerprint density at radius 1 is 1.29 bits per heavy atom. The first kappa shape index (κ1) is 17.5. The van der Waals surface area contributed by atoms with E-state index in [0.717, 1.165) is 12.8 Å². The van der Waals surface area contributed by atoms with Gasteiger partial charge in [-0.2, -0.15) is 5.26 Å². The normalized spacial score (nSPS) is 11.4. The topological polar surface area (TPSA) is 72.2 Å². The quantitative estimate of drug-likeness (QED) is 0.546. The summed E-state index contributed by atoms with van der Waals surface area (Å²) >= 11 is 0. The van der Waals surface area contributed by atoms with E-state index in [0.29, 0.717) is 29.4 Å². The number of ketones is 1. The molecule has 5 heteroatoms. The molecule has 0 spiro atoms. The van der Waals surface area contributed by atoms with Crippen molar-refractivity contribution in [2.24, 2.45) is 0 Å². The highest BCUT2D eigenvalue weighted by molar-refractivity contribution is 6.03. The van der Waals surface area contributed by atoms with Gasteiger partial charge in [0.15, 0.2) is 23.2 Å². The molecule has 1 unspecified atom stereocenters. The molecule has 0 bridgehead atoms. The highest BCUT2D eigenvalue weighted by Crippen LogP contribution is 2.30. The molecule has 1 aromatic carbocycles. The number of methoxy groups -OCH3 is 1. The maximum atomic E-state index is 12.7. The maximum absolute atomic E-state index is 12.7. The molecule has 0 radical (unpaired) electrons. The molecule has 124 valence electrons. The first-order valence-corrected chi connectivity index (χ1v) is 7.86. The zero-order valence-corrected chi connectivity index (χ0v) is 13.9. The fourth-order valence-corrected chi connectivity index (χ4v) is 2.24. The Hall–Kier alpha value is -2.87. The Bertz CT molecular complexity index is 723. The molecule has 0 saturated heterocycles. The second-order valence-electron chi connectivity index (χ2n) is 5.25. The number of benzene rings is 1. The van der Waals surface area contributed by atoms with Crippen LogP contribution in [0.15, 0.2) is 42.6 Å². The van der Waals surface area contributed by atoms with Gasteiger partial charge in [0, 0.05) is 11.8 Å². The van der Waals surface area contributed by atoms with Crippen LogP contribution >= 0.6 is 0 Å². The third-order valence-corrected chi connectivity index (χ3v) is 3.58. The fraction of sp³-hybridized carbons (Fsp3) is 0.316. The Morgan fingerprint density at radius 3 is 2.75 bits per heavy atom. The number of ether oxygens (including phenoxy) is 2. The largest absolute Gasteiger partial charge is 0.493 e. The molecule has 0 fully saturated rings. The number of hydrogen-bond acceptors (Lipinski definition) is 5. The van der Waals surface area contributed by atoms with Gasteiger partial charge in [0.25, 0.3) is 0 Å². The number of hydrogen-bond donors (Lipinski definition) is 0. The molecule has 0 amide bonds. The van der Waals surface area contributed by atoms with Gasteiger partial charge in [0.1, 0.15) is 0 Å². The molecule has 5 nitrogen and oxygen atoms in total. The van der Waals surface area contributed by atoms with Gasteiger partial charge in [-0.05, 0) is 36.8 Å². The summed E-state index contributed by atoms with van der Waals surface area (Å²) < 4.78 is 11.0. The van der Waals surface area contributed by atoms with Crippen LogP contribution in [-0.2, 0) is 0 Å².